The van der Waals surface area contributed by atoms with Gasteiger partial charge in [-0.05, 0) is 57.3 Å². The monoisotopic (exact) mass is 788 g/mol. The third-order valence-electron chi connectivity index (χ3n) is 5.33. The zero-order chi connectivity index (χ0) is 24.1. The Morgan fingerprint density at radius 3 is 2.06 bits per heavy atom. The van der Waals surface area contributed by atoms with Crippen LogP contribution < -0.4 is 4.74 Å². The Labute approximate surface area is 243 Å². The van der Waals surface area contributed by atoms with E-state index in [1.54, 1.807) is 0 Å². The lowest BCUT2D eigenvalue weighted by atomic mass is 9.77. The number of benzene rings is 3. The minimum Gasteiger partial charge on any atom is -0.505 e. The fourth-order valence-corrected chi connectivity index (χ4v) is 7.03. The molecular weight excluding hydrogens is 787 g/mol. The van der Waals surface area contributed by atoms with Gasteiger partial charge in [0.2, 0.25) is 0 Å². The Hall–Kier alpha value is -0.270. The lowest BCUT2D eigenvalue weighted by Crippen LogP contribution is -2.34. The first kappa shape index (κ1) is 24.4. The highest BCUT2D eigenvalue weighted by Crippen LogP contribution is 2.64. The van der Waals surface area contributed by atoms with Gasteiger partial charge in [-0.2, -0.15) is 0 Å². The smallest absolute Gasteiger partial charge is 0.341 e. The SMILES string of the molecule is O=C1OC2(c3cc(I)c(O)c(Cl)c3Oc3c2cc(Cl)c(O)c3I)c2c(Cl)c(Cl)c(Cl)c(Cl)c21. The van der Waals surface area contributed by atoms with Crippen molar-refractivity contribution in [2.45, 2.75) is 5.60 Å². The zero-order valence-corrected chi connectivity index (χ0v) is 24.1. The molecule has 2 aliphatic heterocycles. The van der Waals surface area contributed by atoms with E-state index < -0.39 is 11.6 Å². The van der Waals surface area contributed by atoms with Gasteiger partial charge in [-0.1, -0.05) is 69.6 Å². The van der Waals surface area contributed by atoms with E-state index in [0.29, 0.717) is 3.57 Å². The molecule has 1 spiro atoms. The zero-order valence-electron chi connectivity index (χ0n) is 15.3. The first-order chi connectivity index (χ1) is 15.4. The van der Waals surface area contributed by atoms with Gasteiger partial charge in [0, 0.05) is 5.56 Å². The Kier molecular flexibility index (Phi) is 6.01. The molecule has 33 heavy (non-hydrogen) atoms. The van der Waals surface area contributed by atoms with Gasteiger partial charge in [0.05, 0.1) is 48.9 Å². The van der Waals surface area contributed by atoms with Crippen molar-refractivity contribution in [2.75, 3.05) is 0 Å². The molecule has 0 bridgehead atoms. The molecule has 0 radical (unpaired) electrons. The van der Waals surface area contributed by atoms with Crippen molar-refractivity contribution in [3.05, 3.63) is 71.7 Å². The fraction of sp³-hybridized carbons (Fsp3) is 0.0500. The van der Waals surface area contributed by atoms with E-state index in [1.165, 1.54) is 12.1 Å². The molecule has 13 heteroatoms. The largest absolute Gasteiger partial charge is 0.505 e. The number of ether oxygens (including phenoxy) is 2. The predicted octanol–water partition coefficient (Wildman–Crippen LogP) is 8.80. The third-order valence-corrected chi connectivity index (χ3v) is 9.59. The minimum absolute atomic E-state index is 0.0133. The second-order valence-corrected chi connectivity index (χ2v) is 11.5. The normalized spacial score (nSPS) is 18.0. The standard InChI is InChI=1S/C20H4Cl6I2O5/c21-5-1-3-18(14(28)15(5)29)32-17-4(2-6(27)16(30)13(17)26)20(3)8-7(19(31)33-20)9(22)11(24)12(25)10(8)23/h1-2,29-30H. The fourth-order valence-electron chi connectivity index (χ4n) is 3.93. The molecule has 0 saturated heterocycles. The first-order valence-electron chi connectivity index (χ1n) is 8.63. The topological polar surface area (TPSA) is 76.0 Å². The molecule has 5 nitrogen and oxygen atoms in total. The molecule has 0 fully saturated rings. The quantitative estimate of drug-likeness (QED) is 0.103. The number of esters is 1. The molecule has 0 saturated carbocycles. The van der Waals surface area contributed by atoms with E-state index in [4.69, 9.17) is 79.1 Å². The second kappa shape index (κ2) is 8.12. The number of phenolic OH excluding ortho intramolecular Hbond substituents is 2. The average molecular weight is 791 g/mol. The molecule has 3 aromatic rings. The van der Waals surface area contributed by atoms with E-state index in [-0.39, 0.29) is 79.0 Å². The summed E-state index contributed by atoms with van der Waals surface area (Å²) in [6.45, 7) is 0. The lowest BCUT2D eigenvalue weighted by Gasteiger charge is -2.38. The highest BCUT2D eigenvalue weighted by Gasteiger charge is 2.58. The van der Waals surface area contributed by atoms with Crippen molar-refractivity contribution in [2.24, 2.45) is 0 Å². The van der Waals surface area contributed by atoms with Crippen LogP contribution in [0.15, 0.2) is 12.1 Å². The van der Waals surface area contributed by atoms with Crippen molar-refractivity contribution in [1.82, 2.24) is 0 Å². The molecule has 5 rings (SSSR count). The van der Waals surface area contributed by atoms with Crippen LogP contribution in [0.4, 0.5) is 0 Å². The Bertz CT molecular complexity index is 1400. The van der Waals surface area contributed by atoms with Crippen LogP contribution >= 0.6 is 115 Å². The van der Waals surface area contributed by atoms with Crippen molar-refractivity contribution >= 4 is 121 Å². The summed E-state index contributed by atoms with van der Waals surface area (Å²) >= 11 is 42.1. The summed E-state index contributed by atoms with van der Waals surface area (Å²) < 4.78 is 12.6. The number of rotatable bonds is 0. The third kappa shape index (κ3) is 3.13. The number of carbonyl (C=O) groups excluding carboxylic acids is 1. The summed E-state index contributed by atoms with van der Waals surface area (Å²) in [7, 11) is 0. The molecule has 0 aliphatic carbocycles. The van der Waals surface area contributed by atoms with Gasteiger partial charge in [0.25, 0.3) is 0 Å². The van der Waals surface area contributed by atoms with E-state index in [0.717, 1.165) is 0 Å². The number of hydrogen-bond donors (Lipinski definition) is 2. The molecular formula is C20H4Cl6I2O5. The van der Waals surface area contributed by atoms with Gasteiger partial charge in [-0.15, -0.1) is 0 Å². The molecule has 0 amide bonds. The van der Waals surface area contributed by atoms with Crippen LogP contribution in [0.2, 0.25) is 30.1 Å². The number of hydrogen-bond acceptors (Lipinski definition) is 5. The van der Waals surface area contributed by atoms with Gasteiger partial charge in [0.1, 0.15) is 5.02 Å². The molecule has 2 heterocycles. The second-order valence-electron chi connectivity index (χ2n) is 6.97. The lowest BCUT2D eigenvalue weighted by molar-refractivity contribution is 0.0223. The molecule has 2 aliphatic rings. The first-order valence-corrected chi connectivity index (χ1v) is 13.1. The molecule has 1 atom stereocenters. The van der Waals surface area contributed by atoms with E-state index in [1.807, 2.05) is 45.2 Å². The van der Waals surface area contributed by atoms with Crippen LogP contribution in [0.25, 0.3) is 0 Å². The van der Waals surface area contributed by atoms with Gasteiger partial charge >= 0.3 is 5.97 Å². The van der Waals surface area contributed by atoms with Crippen LogP contribution in [-0.2, 0) is 10.3 Å². The Balaban J connectivity index is 2.05. The number of carbonyl (C=O) groups is 1. The molecule has 0 aromatic heterocycles. The summed E-state index contributed by atoms with van der Waals surface area (Å²) in [6.07, 6.45) is 0. The van der Waals surface area contributed by atoms with Gasteiger partial charge in [-0.3, -0.25) is 0 Å². The maximum absolute atomic E-state index is 13.2. The summed E-state index contributed by atoms with van der Waals surface area (Å²) in [5.41, 5.74) is -1.28. The highest BCUT2D eigenvalue weighted by molar-refractivity contribution is 14.1. The molecule has 1 unspecified atom stereocenters. The van der Waals surface area contributed by atoms with Crippen LogP contribution in [0.1, 0.15) is 27.0 Å². The highest BCUT2D eigenvalue weighted by atomic mass is 127. The van der Waals surface area contributed by atoms with Crippen LogP contribution in [0.3, 0.4) is 0 Å². The van der Waals surface area contributed by atoms with Crippen LogP contribution in [-0.4, -0.2) is 16.2 Å². The van der Waals surface area contributed by atoms with Gasteiger partial charge in [-0.25, -0.2) is 4.79 Å². The Morgan fingerprint density at radius 2 is 1.39 bits per heavy atom. The number of phenols is 2. The minimum atomic E-state index is -1.78. The summed E-state index contributed by atoms with van der Waals surface area (Å²) in [6, 6.07) is 2.92. The van der Waals surface area contributed by atoms with Crippen molar-refractivity contribution in [1.29, 1.82) is 0 Å². The van der Waals surface area contributed by atoms with E-state index in [2.05, 4.69) is 0 Å². The summed E-state index contributed by atoms with van der Waals surface area (Å²) in [5.74, 6) is -1.26. The average Bonchev–Trinajstić information content (AvgIpc) is 3.08. The van der Waals surface area contributed by atoms with E-state index >= 15 is 0 Å². The van der Waals surface area contributed by atoms with Crippen molar-refractivity contribution in [3.8, 4) is 23.0 Å². The van der Waals surface area contributed by atoms with Gasteiger partial charge < -0.3 is 19.7 Å². The number of halogens is 8. The Morgan fingerprint density at radius 1 is 0.788 bits per heavy atom. The van der Waals surface area contributed by atoms with Crippen molar-refractivity contribution in [3.63, 3.8) is 0 Å². The predicted molar refractivity (Wildman–Crippen MR) is 144 cm³/mol. The van der Waals surface area contributed by atoms with Crippen molar-refractivity contribution < 1.29 is 24.5 Å². The number of fused-ring (bicyclic) bond motifs is 6. The summed E-state index contributed by atoms with van der Waals surface area (Å²) in [5, 5.41) is 20.3. The molecule has 170 valence electrons. The number of aromatic hydroxyl groups is 2. The van der Waals surface area contributed by atoms with Crippen LogP contribution in [0, 0.1) is 7.14 Å². The maximum atomic E-state index is 13.2. The molecule has 3 aromatic carbocycles. The molecule has 2 N–H and O–H groups in total. The van der Waals surface area contributed by atoms with Gasteiger partial charge in [0.15, 0.2) is 28.6 Å². The summed E-state index contributed by atoms with van der Waals surface area (Å²) in [4.78, 5) is 13.2. The maximum Gasteiger partial charge on any atom is 0.341 e. The van der Waals surface area contributed by atoms with E-state index in [9.17, 15) is 15.0 Å². The van der Waals surface area contributed by atoms with Crippen LogP contribution in [0.5, 0.6) is 23.0 Å².